The Morgan fingerprint density at radius 1 is 0.619 bits per heavy atom. The van der Waals surface area contributed by atoms with Crippen LogP contribution in [0.1, 0.15) is 61.0 Å². The summed E-state index contributed by atoms with van der Waals surface area (Å²) in [6, 6.07) is 27.8. The van der Waals surface area contributed by atoms with Crippen molar-refractivity contribution in [3.8, 4) is 0 Å². The van der Waals surface area contributed by atoms with Gasteiger partial charge in [-0.2, -0.15) is 0 Å². The fourth-order valence-electron chi connectivity index (χ4n) is 5.78. The summed E-state index contributed by atoms with van der Waals surface area (Å²) in [4.78, 5) is 0. The Morgan fingerprint density at radius 3 is 1.79 bits per heavy atom. The number of alkyl halides is 6. The molecule has 0 nitrogen and oxygen atoms in total. The fourth-order valence-corrected chi connectivity index (χ4v) is 13.0. The van der Waals surface area contributed by atoms with E-state index in [1.165, 1.54) is 5.56 Å². The summed E-state index contributed by atoms with van der Waals surface area (Å²) in [5, 5.41) is 0. The van der Waals surface area contributed by atoms with Gasteiger partial charge in [0.15, 0.2) is 0 Å². The average Bonchev–Trinajstić information content (AvgIpc) is 3.43. The van der Waals surface area contributed by atoms with Crippen molar-refractivity contribution in [2.24, 2.45) is 0 Å². The molecule has 0 N–H and O–H groups in total. The van der Waals surface area contributed by atoms with Crippen molar-refractivity contribution < 1.29 is 74.1 Å². The van der Waals surface area contributed by atoms with E-state index >= 15 is 0 Å². The Labute approximate surface area is 263 Å². The maximum atomic E-state index is 13.8. The minimum absolute atomic E-state index is 0. The first kappa shape index (κ1) is 32.3. The first-order valence-corrected chi connectivity index (χ1v) is 16.6. The molecule has 4 aromatic carbocycles. The van der Waals surface area contributed by atoms with Crippen molar-refractivity contribution in [1.82, 2.24) is 0 Å². The second-order valence-corrected chi connectivity index (χ2v) is 15.0. The van der Waals surface area contributed by atoms with Gasteiger partial charge in [-0.15, -0.1) is 0 Å². The number of fused-ring (bicyclic) bond motifs is 2. The van der Waals surface area contributed by atoms with E-state index in [0.29, 0.717) is 5.57 Å². The Kier molecular flexibility index (Phi) is 9.37. The van der Waals surface area contributed by atoms with Crippen LogP contribution in [0.25, 0.3) is 20.6 Å². The summed E-state index contributed by atoms with van der Waals surface area (Å²) in [6.07, 6.45) is -7.62. The topological polar surface area (TPSA) is 0 Å². The number of allylic oxidation sites excluding steroid dienone is 2. The standard InChI is InChI=1S/C18H11F6.C15H11.2ClH.Hf/c1-10-15-5-3-2-4-11(15)8-16(10)12-6-13(17(19,20)21)9-14(7-12)18(22,23)24;1-2-6-12(7-3-1)15-10-13-8-4-5-9-14(13)11-15;;;/h2-7,9-10H,1H3;1-11H;2*1H;/q;;;;+2/p-2. The van der Waals surface area contributed by atoms with E-state index in [-0.39, 0.29) is 46.0 Å². The molecule has 0 spiro atoms. The first-order chi connectivity index (χ1) is 19.0. The first-order valence-electron chi connectivity index (χ1n) is 12.8. The van der Waals surface area contributed by atoms with Crippen LogP contribution in [-0.2, 0) is 35.3 Å². The smallest absolute Gasteiger partial charge is 1.00 e. The van der Waals surface area contributed by atoms with E-state index in [9.17, 15) is 26.3 Å². The molecule has 0 heterocycles. The minimum atomic E-state index is -4.90. The van der Waals surface area contributed by atoms with E-state index in [0.717, 1.165) is 43.3 Å². The Balaban J connectivity index is 0.00000202. The molecule has 9 heteroatoms. The van der Waals surface area contributed by atoms with Gasteiger partial charge < -0.3 is 24.8 Å². The molecule has 2 atom stereocenters. The normalized spacial score (nSPS) is 17.5. The van der Waals surface area contributed by atoms with E-state index in [2.05, 4.69) is 30.3 Å². The van der Waals surface area contributed by atoms with Crippen molar-refractivity contribution >= 4 is 20.6 Å². The van der Waals surface area contributed by atoms with Crippen LogP contribution in [0.4, 0.5) is 26.3 Å². The van der Waals surface area contributed by atoms with Gasteiger partial charge in [0.05, 0.1) is 0 Å². The SMILES string of the molecule is CC1C(c2cc(C(F)(F)F)cc(C(F)(F)F)c2)=[C]([Hf+2][CH]2C(c3ccccc3)=Cc3ccccc32)c2ccccc21.[Cl-].[Cl-]. The quantitative estimate of drug-likeness (QED) is 0.217. The third-order valence-electron chi connectivity index (χ3n) is 7.62. The van der Waals surface area contributed by atoms with Crippen molar-refractivity contribution in [2.75, 3.05) is 0 Å². The largest absolute Gasteiger partial charge is 1.00 e. The summed E-state index contributed by atoms with van der Waals surface area (Å²) in [6.45, 7) is 1.88. The number of hydrogen-bond acceptors (Lipinski definition) is 0. The molecule has 0 aromatic heterocycles. The van der Waals surface area contributed by atoms with Gasteiger partial charge in [0.1, 0.15) is 0 Å². The molecule has 2 aliphatic rings. The van der Waals surface area contributed by atoms with E-state index < -0.39 is 46.4 Å². The van der Waals surface area contributed by atoms with E-state index in [1.807, 2.05) is 61.5 Å². The van der Waals surface area contributed by atoms with Gasteiger partial charge in [-0.05, 0) is 0 Å². The molecule has 0 saturated heterocycles. The molecule has 4 aromatic rings. The summed E-state index contributed by atoms with van der Waals surface area (Å²) in [5.41, 5.74) is 4.47. The Morgan fingerprint density at radius 2 is 1.17 bits per heavy atom. The second-order valence-electron chi connectivity index (χ2n) is 10.1. The molecule has 2 unspecified atom stereocenters. The van der Waals surface area contributed by atoms with Crippen LogP contribution >= 0.6 is 0 Å². The summed E-state index contributed by atoms with van der Waals surface area (Å²) in [7, 11) is 0. The summed E-state index contributed by atoms with van der Waals surface area (Å²) < 4.78 is 84.1. The molecular weight excluding hydrogens is 760 g/mol. The zero-order chi connectivity index (χ0) is 28.2. The van der Waals surface area contributed by atoms with Crippen LogP contribution in [0.5, 0.6) is 0 Å². The van der Waals surface area contributed by atoms with Crippen LogP contribution in [0, 0.1) is 0 Å². The van der Waals surface area contributed by atoms with Gasteiger partial charge >= 0.3 is 240 Å². The molecule has 42 heavy (non-hydrogen) atoms. The van der Waals surface area contributed by atoms with Gasteiger partial charge in [-0.3, -0.25) is 0 Å². The molecule has 214 valence electrons. The van der Waals surface area contributed by atoms with E-state index in [4.69, 9.17) is 0 Å². The number of halogens is 8. The third kappa shape index (κ3) is 5.93. The van der Waals surface area contributed by atoms with Gasteiger partial charge in [-0.1, -0.05) is 0 Å². The molecule has 0 fully saturated rings. The second kappa shape index (κ2) is 12.2. The van der Waals surface area contributed by atoms with Crippen molar-refractivity contribution in [1.29, 1.82) is 0 Å². The minimum Gasteiger partial charge on any atom is -1.00 e. The molecule has 0 radical (unpaired) electrons. The predicted octanol–water partition coefficient (Wildman–Crippen LogP) is 4.10. The van der Waals surface area contributed by atoms with Crippen LogP contribution in [0.2, 0.25) is 0 Å². The van der Waals surface area contributed by atoms with Gasteiger partial charge in [-0.25, -0.2) is 0 Å². The maximum Gasteiger partial charge on any atom is -1.00 e. The Hall–Kier alpha value is -2.61. The molecule has 0 aliphatic heterocycles. The summed E-state index contributed by atoms with van der Waals surface area (Å²) >= 11 is -2.01. The van der Waals surface area contributed by atoms with Crippen LogP contribution in [0.3, 0.4) is 0 Å². The third-order valence-corrected chi connectivity index (χ3v) is 13.9. The van der Waals surface area contributed by atoms with Gasteiger partial charge in [0.25, 0.3) is 0 Å². The zero-order valence-electron chi connectivity index (χ0n) is 22.0. The molecule has 6 rings (SSSR count). The van der Waals surface area contributed by atoms with Gasteiger partial charge in [0, 0.05) is 0 Å². The van der Waals surface area contributed by atoms with Crippen molar-refractivity contribution in [3.63, 3.8) is 0 Å². The van der Waals surface area contributed by atoms with Crippen molar-refractivity contribution in [3.05, 3.63) is 142 Å². The maximum absolute atomic E-state index is 13.8. The van der Waals surface area contributed by atoms with Crippen LogP contribution < -0.4 is 24.8 Å². The zero-order valence-corrected chi connectivity index (χ0v) is 27.1. The van der Waals surface area contributed by atoms with Crippen LogP contribution in [0.15, 0.2) is 97.1 Å². The van der Waals surface area contributed by atoms with E-state index in [1.54, 1.807) is 0 Å². The van der Waals surface area contributed by atoms with Gasteiger partial charge in [0.2, 0.25) is 0 Å². The summed E-state index contributed by atoms with van der Waals surface area (Å²) in [5.74, 6) is -0.330. The molecule has 2 aliphatic carbocycles. The molecule has 0 amide bonds. The Bertz CT molecular complexity index is 1640. The average molecular weight is 782 g/mol. The molecule has 0 bridgehead atoms. The van der Waals surface area contributed by atoms with Crippen molar-refractivity contribution in [2.45, 2.75) is 28.9 Å². The predicted molar refractivity (Wildman–Crippen MR) is 142 cm³/mol. The number of rotatable bonds is 4. The fraction of sp³-hybridized carbons (Fsp3) is 0.152. The number of benzene rings is 4. The molecule has 0 saturated carbocycles. The number of hydrogen-bond donors (Lipinski definition) is 0. The monoisotopic (exact) mass is 782 g/mol. The molecular formula is C33H22Cl2F6Hf. The van der Waals surface area contributed by atoms with Crippen LogP contribution in [-0.4, -0.2) is 0 Å².